The van der Waals surface area contributed by atoms with E-state index in [1.165, 1.54) is 0 Å². The van der Waals surface area contributed by atoms with E-state index >= 15 is 0 Å². The van der Waals surface area contributed by atoms with Crippen LogP contribution in [0.3, 0.4) is 0 Å². The molecule has 1 aromatic carbocycles. The summed E-state index contributed by atoms with van der Waals surface area (Å²) < 4.78 is 0. The lowest BCUT2D eigenvalue weighted by atomic mass is 9.98. The Morgan fingerprint density at radius 3 is 2.62 bits per heavy atom. The van der Waals surface area contributed by atoms with Crippen LogP contribution in [0.25, 0.3) is 10.8 Å². The third-order valence-electron chi connectivity index (χ3n) is 4.23. The van der Waals surface area contributed by atoms with E-state index in [0.717, 1.165) is 36.7 Å². The van der Waals surface area contributed by atoms with Crippen molar-refractivity contribution in [2.75, 3.05) is 18.5 Å². The van der Waals surface area contributed by atoms with Crippen LogP contribution in [0.1, 0.15) is 30.1 Å². The second-order valence-corrected chi connectivity index (χ2v) is 5.69. The van der Waals surface area contributed by atoms with Crippen molar-refractivity contribution in [2.45, 2.75) is 19.8 Å². The number of anilines is 1. The number of rotatable bonds is 2. The molecule has 0 saturated carbocycles. The largest absolute Gasteiger partial charge is 0.339 e. The van der Waals surface area contributed by atoms with Gasteiger partial charge in [0, 0.05) is 24.7 Å². The maximum atomic E-state index is 12.8. The molecule has 1 aliphatic rings. The Hall–Kier alpha value is -2.14. The van der Waals surface area contributed by atoms with E-state index in [-0.39, 0.29) is 5.91 Å². The Balaban J connectivity index is 1.99. The van der Waals surface area contributed by atoms with Crippen molar-refractivity contribution < 1.29 is 4.79 Å². The molecule has 1 aromatic heterocycles. The molecule has 0 aliphatic carbocycles. The van der Waals surface area contributed by atoms with Crippen LogP contribution in [0.2, 0.25) is 0 Å². The number of hydrazine groups is 1. The molecule has 1 saturated heterocycles. The van der Waals surface area contributed by atoms with Crippen molar-refractivity contribution in [1.82, 2.24) is 9.88 Å². The number of aromatic nitrogens is 1. The van der Waals surface area contributed by atoms with Gasteiger partial charge in [0.25, 0.3) is 5.91 Å². The molecule has 0 atom stereocenters. The first-order chi connectivity index (χ1) is 10.2. The highest BCUT2D eigenvalue weighted by atomic mass is 16.2. The van der Waals surface area contributed by atoms with Crippen LogP contribution in [-0.4, -0.2) is 28.9 Å². The molecule has 3 N–H and O–H groups in total. The zero-order chi connectivity index (χ0) is 14.8. The fourth-order valence-electron chi connectivity index (χ4n) is 2.86. The van der Waals surface area contributed by atoms with Crippen LogP contribution in [0, 0.1) is 5.92 Å². The lowest BCUT2D eigenvalue weighted by Gasteiger charge is -2.30. The Labute approximate surface area is 124 Å². The van der Waals surface area contributed by atoms with E-state index in [0.29, 0.717) is 17.3 Å². The summed E-state index contributed by atoms with van der Waals surface area (Å²) in [5.41, 5.74) is 3.24. The minimum absolute atomic E-state index is 0.0640. The number of benzene rings is 1. The monoisotopic (exact) mass is 284 g/mol. The predicted octanol–water partition coefficient (Wildman–Crippen LogP) is 2.39. The lowest BCUT2D eigenvalue weighted by molar-refractivity contribution is 0.0699. The molecular formula is C16H20N4O. The van der Waals surface area contributed by atoms with Gasteiger partial charge in [0.05, 0.1) is 5.56 Å². The fraction of sp³-hybridized carbons (Fsp3) is 0.375. The summed E-state index contributed by atoms with van der Waals surface area (Å²) in [6, 6.07) is 7.71. The minimum atomic E-state index is 0.0640. The van der Waals surface area contributed by atoms with Gasteiger partial charge >= 0.3 is 0 Å². The highest BCUT2D eigenvalue weighted by Gasteiger charge is 2.23. The van der Waals surface area contributed by atoms with E-state index in [9.17, 15) is 4.79 Å². The second kappa shape index (κ2) is 5.69. The number of hydrogen-bond donors (Lipinski definition) is 2. The third kappa shape index (κ3) is 2.56. The normalized spacial score (nSPS) is 16.2. The molecule has 0 radical (unpaired) electrons. The minimum Gasteiger partial charge on any atom is -0.339 e. The Morgan fingerprint density at radius 2 is 1.95 bits per heavy atom. The number of nitrogens with two attached hydrogens (primary N) is 1. The number of nitrogens with one attached hydrogen (secondary N) is 1. The summed E-state index contributed by atoms with van der Waals surface area (Å²) in [5.74, 6) is 6.85. The molecule has 2 heterocycles. The number of piperidine rings is 1. The topological polar surface area (TPSA) is 71.2 Å². The fourth-order valence-corrected chi connectivity index (χ4v) is 2.86. The molecular weight excluding hydrogens is 264 g/mol. The average molecular weight is 284 g/mol. The molecule has 1 amide bonds. The van der Waals surface area contributed by atoms with E-state index in [2.05, 4.69) is 17.3 Å². The average Bonchev–Trinajstić information content (AvgIpc) is 2.54. The summed E-state index contributed by atoms with van der Waals surface area (Å²) in [6.07, 6.45) is 3.76. The van der Waals surface area contributed by atoms with E-state index < -0.39 is 0 Å². The molecule has 1 aliphatic heterocycles. The van der Waals surface area contributed by atoms with Crippen molar-refractivity contribution in [3.05, 3.63) is 36.0 Å². The van der Waals surface area contributed by atoms with Crippen molar-refractivity contribution in [3.63, 3.8) is 0 Å². The number of nitrogens with zero attached hydrogens (tertiary/aromatic N) is 2. The standard InChI is InChI=1S/C16H20N4O/c1-11-6-8-20(9-7-11)16(21)14-10-18-15(19-17)13-5-3-2-4-12(13)14/h2-5,10-11H,6-9,17H2,1H3,(H,18,19). The van der Waals surface area contributed by atoms with Gasteiger partial charge in [0.1, 0.15) is 5.82 Å². The van der Waals surface area contributed by atoms with Gasteiger partial charge in [-0.05, 0) is 24.1 Å². The molecule has 110 valence electrons. The van der Waals surface area contributed by atoms with Gasteiger partial charge in [-0.15, -0.1) is 0 Å². The van der Waals surface area contributed by atoms with E-state index in [4.69, 9.17) is 5.84 Å². The van der Waals surface area contributed by atoms with Gasteiger partial charge in [-0.2, -0.15) is 0 Å². The molecule has 0 unspecified atom stereocenters. The summed E-state index contributed by atoms with van der Waals surface area (Å²) in [6.45, 7) is 3.89. The summed E-state index contributed by atoms with van der Waals surface area (Å²) in [5, 5.41) is 1.76. The first-order valence-electron chi connectivity index (χ1n) is 7.34. The summed E-state index contributed by atoms with van der Waals surface area (Å²) in [7, 11) is 0. The Bertz CT molecular complexity index is 662. The van der Waals surface area contributed by atoms with Crippen molar-refractivity contribution in [3.8, 4) is 0 Å². The van der Waals surface area contributed by atoms with Crippen molar-refractivity contribution >= 4 is 22.5 Å². The number of amides is 1. The number of fused-ring (bicyclic) bond motifs is 1. The van der Waals surface area contributed by atoms with Gasteiger partial charge in [0.15, 0.2) is 0 Å². The highest BCUT2D eigenvalue weighted by molar-refractivity contribution is 6.09. The van der Waals surface area contributed by atoms with Crippen LogP contribution in [-0.2, 0) is 0 Å². The molecule has 3 rings (SSSR count). The summed E-state index contributed by atoms with van der Waals surface area (Å²) in [4.78, 5) is 19.0. The van der Waals surface area contributed by atoms with Gasteiger partial charge < -0.3 is 10.3 Å². The number of pyridine rings is 1. The van der Waals surface area contributed by atoms with Gasteiger partial charge in [-0.3, -0.25) is 4.79 Å². The summed E-state index contributed by atoms with van der Waals surface area (Å²) >= 11 is 0. The molecule has 5 heteroatoms. The highest BCUT2D eigenvalue weighted by Crippen LogP contribution is 2.26. The molecule has 0 bridgehead atoms. The van der Waals surface area contributed by atoms with Crippen molar-refractivity contribution in [1.29, 1.82) is 0 Å². The molecule has 2 aromatic rings. The second-order valence-electron chi connectivity index (χ2n) is 5.69. The van der Waals surface area contributed by atoms with Gasteiger partial charge in [-0.1, -0.05) is 31.2 Å². The quantitative estimate of drug-likeness (QED) is 0.656. The Morgan fingerprint density at radius 1 is 1.29 bits per heavy atom. The predicted molar refractivity (Wildman–Crippen MR) is 83.9 cm³/mol. The number of hydrogen-bond acceptors (Lipinski definition) is 4. The van der Waals surface area contributed by atoms with E-state index in [1.54, 1.807) is 6.20 Å². The maximum absolute atomic E-state index is 12.8. The number of likely N-dealkylation sites (tertiary alicyclic amines) is 1. The molecule has 21 heavy (non-hydrogen) atoms. The van der Waals surface area contributed by atoms with Crippen LogP contribution < -0.4 is 11.3 Å². The van der Waals surface area contributed by atoms with Crippen LogP contribution in [0.4, 0.5) is 5.82 Å². The number of nitrogen functional groups attached to an aromatic ring is 1. The van der Waals surface area contributed by atoms with E-state index in [1.807, 2.05) is 29.2 Å². The number of carbonyl (C=O) groups is 1. The molecule has 5 nitrogen and oxygen atoms in total. The first kappa shape index (κ1) is 13.8. The molecule has 1 fully saturated rings. The Kier molecular flexibility index (Phi) is 3.75. The van der Waals surface area contributed by atoms with Gasteiger partial charge in [0.2, 0.25) is 0 Å². The van der Waals surface area contributed by atoms with Crippen molar-refractivity contribution in [2.24, 2.45) is 11.8 Å². The SMILES string of the molecule is CC1CCN(C(=O)c2cnc(NN)c3ccccc23)CC1. The zero-order valence-electron chi connectivity index (χ0n) is 12.2. The van der Waals surface area contributed by atoms with Crippen LogP contribution in [0.5, 0.6) is 0 Å². The first-order valence-corrected chi connectivity index (χ1v) is 7.34. The lowest BCUT2D eigenvalue weighted by Crippen LogP contribution is -2.38. The maximum Gasteiger partial charge on any atom is 0.256 e. The van der Waals surface area contributed by atoms with Gasteiger partial charge in [-0.25, -0.2) is 10.8 Å². The zero-order valence-corrected chi connectivity index (χ0v) is 12.2. The smallest absolute Gasteiger partial charge is 0.256 e. The van der Waals surface area contributed by atoms with Crippen LogP contribution in [0.15, 0.2) is 30.5 Å². The third-order valence-corrected chi connectivity index (χ3v) is 4.23. The van der Waals surface area contributed by atoms with Crippen LogP contribution >= 0.6 is 0 Å². The number of carbonyl (C=O) groups excluding carboxylic acids is 1. The molecule has 0 spiro atoms.